The summed E-state index contributed by atoms with van der Waals surface area (Å²) >= 11 is 1.75. The van der Waals surface area contributed by atoms with Crippen LogP contribution < -0.4 is 5.32 Å². The molecule has 0 spiro atoms. The first-order chi connectivity index (χ1) is 12.3. The van der Waals surface area contributed by atoms with Crippen molar-refractivity contribution in [3.63, 3.8) is 0 Å². The van der Waals surface area contributed by atoms with Crippen LogP contribution in [0.15, 0.2) is 23.1 Å². The molecule has 1 atom stereocenters. The minimum atomic E-state index is 0.721. The highest BCUT2D eigenvalue weighted by Crippen LogP contribution is 2.26. The van der Waals surface area contributed by atoms with Crippen LogP contribution in [0.2, 0.25) is 0 Å². The molecule has 140 valence electrons. The molecule has 1 aliphatic rings. The third kappa shape index (κ3) is 8.82. The van der Waals surface area contributed by atoms with E-state index in [0.29, 0.717) is 0 Å². The normalized spacial score (nSPS) is 24.1. The van der Waals surface area contributed by atoms with E-state index in [1.807, 2.05) is 0 Å². The third-order valence-corrected chi connectivity index (χ3v) is 5.92. The summed E-state index contributed by atoms with van der Waals surface area (Å²) < 4.78 is 0. The summed E-state index contributed by atoms with van der Waals surface area (Å²) in [7, 11) is 0. The first-order valence-electron chi connectivity index (χ1n) is 10.2. The fraction of sp³-hybridized carbons (Fsp3) is 0.682. The van der Waals surface area contributed by atoms with Crippen LogP contribution in [0.5, 0.6) is 0 Å². The highest BCUT2D eigenvalue weighted by molar-refractivity contribution is 7.09. The lowest BCUT2D eigenvalue weighted by Crippen LogP contribution is -2.17. The van der Waals surface area contributed by atoms with Crippen molar-refractivity contribution >= 4 is 17.4 Å². The zero-order valence-electron chi connectivity index (χ0n) is 16.2. The summed E-state index contributed by atoms with van der Waals surface area (Å²) in [5.41, 5.74) is 2.67. The number of nitrogens with zero attached hydrogens (tertiary/aromatic N) is 1. The summed E-state index contributed by atoms with van der Waals surface area (Å²) in [6.07, 6.45) is 20.2. The van der Waals surface area contributed by atoms with Crippen LogP contribution in [0.1, 0.15) is 81.8 Å². The number of hydrogen-bond acceptors (Lipinski definition) is 3. The smallest absolute Gasteiger partial charge is 0.0901 e. The highest BCUT2D eigenvalue weighted by atomic mass is 32.1. The Hall–Kier alpha value is -0.930. The molecule has 0 bridgehead atoms. The molecule has 0 saturated heterocycles. The molecule has 0 aliphatic carbocycles. The Balaban J connectivity index is 1.90. The first-order valence-corrected chi connectivity index (χ1v) is 11.1. The number of allylic oxidation sites excluding steroid dienone is 3. The van der Waals surface area contributed by atoms with Crippen molar-refractivity contribution in [2.24, 2.45) is 5.92 Å². The van der Waals surface area contributed by atoms with Gasteiger partial charge in [-0.25, -0.2) is 4.98 Å². The van der Waals surface area contributed by atoms with E-state index in [0.717, 1.165) is 16.6 Å². The maximum absolute atomic E-state index is 4.61. The van der Waals surface area contributed by atoms with E-state index in [-0.39, 0.29) is 0 Å². The van der Waals surface area contributed by atoms with Gasteiger partial charge < -0.3 is 5.32 Å². The van der Waals surface area contributed by atoms with E-state index in [1.165, 1.54) is 82.9 Å². The van der Waals surface area contributed by atoms with Gasteiger partial charge in [0.05, 0.1) is 10.7 Å². The van der Waals surface area contributed by atoms with Gasteiger partial charge in [-0.2, -0.15) is 0 Å². The van der Waals surface area contributed by atoms with E-state index >= 15 is 0 Å². The van der Waals surface area contributed by atoms with Crippen LogP contribution >= 0.6 is 11.3 Å². The summed E-state index contributed by atoms with van der Waals surface area (Å²) in [5.74, 6) is 0.721. The molecule has 2 nitrogen and oxygen atoms in total. The second-order valence-electron chi connectivity index (χ2n) is 7.37. The maximum atomic E-state index is 4.61. The van der Waals surface area contributed by atoms with Crippen LogP contribution in [-0.4, -0.2) is 18.1 Å². The Kier molecular flexibility index (Phi) is 10.1. The van der Waals surface area contributed by atoms with E-state index in [2.05, 4.69) is 47.8 Å². The Bertz CT molecular complexity index is 530. The van der Waals surface area contributed by atoms with E-state index in [9.17, 15) is 0 Å². The zero-order valence-corrected chi connectivity index (χ0v) is 17.0. The predicted molar refractivity (Wildman–Crippen MR) is 112 cm³/mol. The van der Waals surface area contributed by atoms with Crippen molar-refractivity contribution < 1.29 is 0 Å². The Morgan fingerprint density at radius 1 is 1.04 bits per heavy atom. The van der Waals surface area contributed by atoms with Gasteiger partial charge >= 0.3 is 0 Å². The molecule has 0 aromatic carbocycles. The molecule has 1 N–H and O–H groups in total. The van der Waals surface area contributed by atoms with Crippen molar-refractivity contribution in [1.82, 2.24) is 10.3 Å². The van der Waals surface area contributed by atoms with Gasteiger partial charge in [0.15, 0.2) is 0 Å². The quantitative estimate of drug-likeness (QED) is 0.606. The van der Waals surface area contributed by atoms with Gasteiger partial charge in [-0.15, -0.1) is 11.3 Å². The first kappa shape index (κ1) is 20.4. The van der Waals surface area contributed by atoms with E-state index < -0.39 is 0 Å². The molecule has 0 radical (unpaired) electrons. The molecule has 0 saturated carbocycles. The van der Waals surface area contributed by atoms with Crippen molar-refractivity contribution in [3.8, 4) is 0 Å². The van der Waals surface area contributed by atoms with Gasteiger partial charge in [0.25, 0.3) is 0 Å². The molecule has 0 fully saturated rings. The van der Waals surface area contributed by atoms with Crippen LogP contribution in [0.25, 0.3) is 6.08 Å². The number of thiazole rings is 1. The van der Waals surface area contributed by atoms with Gasteiger partial charge in [-0.05, 0) is 90.3 Å². The number of hydrogen-bond donors (Lipinski definition) is 1. The van der Waals surface area contributed by atoms with Crippen LogP contribution in [-0.2, 0) is 0 Å². The van der Waals surface area contributed by atoms with Crippen LogP contribution in [0.3, 0.4) is 0 Å². The van der Waals surface area contributed by atoms with Crippen LogP contribution in [0, 0.1) is 12.8 Å². The summed E-state index contributed by atoms with van der Waals surface area (Å²) in [5, 5.41) is 6.95. The summed E-state index contributed by atoms with van der Waals surface area (Å²) in [6, 6.07) is 0. The average Bonchev–Trinajstić information content (AvgIpc) is 2.99. The zero-order chi connectivity index (χ0) is 17.7. The molecule has 0 amide bonds. The lowest BCUT2D eigenvalue weighted by molar-refractivity contribution is 0.460. The molecule has 2 heterocycles. The Morgan fingerprint density at radius 3 is 2.36 bits per heavy atom. The minimum absolute atomic E-state index is 0.721. The number of rotatable bonds is 2. The average molecular weight is 361 g/mol. The molecule has 1 aliphatic heterocycles. The second kappa shape index (κ2) is 12.4. The van der Waals surface area contributed by atoms with Crippen molar-refractivity contribution in [3.05, 3.63) is 33.8 Å². The molecule has 25 heavy (non-hydrogen) atoms. The molecular formula is C22H36N2S. The van der Waals surface area contributed by atoms with Gasteiger partial charge in [0.2, 0.25) is 0 Å². The summed E-state index contributed by atoms with van der Waals surface area (Å²) in [4.78, 5) is 4.61. The molecule has 1 unspecified atom stereocenters. The highest BCUT2D eigenvalue weighted by Gasteiger charge is 2.11. The maximum Gasteiger partial charge on any atom is 0.0901 e. The Labute approximate surface area is 158 Å². The topological polar surface area (TPSA) is 24.9 Å². The fourth-order valence-corrected chi connectivity index (χ4v) is 4.13. The lowest BCUT2D eigenvalue weighted by atomic mass is 9.88. The number of nitrogens with one attached hydrogen (secondary N) is 1. The largest absolute Gasteiger partial charge is 0.317 e. The molecule has 3 heteroatoms. The molecule has 1 aromatic rings. The van der Waals surface area contributed by atoms with Gasteiger partial charge in [0.1, 0.15) is 0 Å². The lowest BCUT2D eigenvalue weighted by Gasteiger charge is -2.18. The van der Waals surface area contributed by atoms with E-state index in [1.54, 1.807) is 11.3 Å². The van der Waals surface area contributed by atoms with E-state index in [4.69, 9.17) is 0 Å². The standard InChI is InChI=1S/C22H36N2S/c1-19(17-22-18-25-20(2)24-22)21-13-9-7-5-3-4-6-8-11-15-23-16-12-10-14-21/h3-4,17-18,21,23H,5-16H2,1-2H3/b4-3-,19-17?. The van der Waals surface area contributed by atoms with Gasteiger partial charge in [-0.1, -0.05) is 30.6 Å². The SMILES string of the molecule is CC(=Cc1csc(C)n1)C1CCCC/C=C\CCCCNCCCC1. The fourth-order valence-electron chi connectivity index (χ4n) is 3.56. The van der Waals surface area contributed by atoms with Crippen LogP contribution in [0.4, 0.5) is 0 Å². The van der Waals surface area contributed by atoms with Crippen molar-refractivity contribution in [1.29, 1.82) is 0 Å². The molecule has 2 rings (SSSR count). The van der Waals surface area contributed by atoms with Gasteiger partial charge in [0, 0.05) is 5.38 Å². The number of aromatic nitrogens is 1. The molecule has 1 aromatic heterocycles. The van der Waals surface area contributed by atoms with Crippen molar-refractivity contribution in [2.75, 3.05) is 13.1 Å². The predicted octanol–water partition coefficient (Wildman–Crippen LogP) is 6.53. The third-order valence-electron chi connectivity index (χ3n) is 5.13. The molecular weight excluding hydrogens is 324 g/mol. The van der Waals surface area contributed by atoms with Gasteiger partial charge in [-0.3, -0.25) is 0 Å². The Morgan fingerprint density at radius 2 is 1.68 bits per heavy atom. The minimum Gasteiger partial charge on any atom is -0.317 e. The second-order valence-corrected chi connectivity index (χ2v) is 8.44. The number of aryl methyl sites for hydroxylation is 1. The van der Waals surface area contributed by atoms with Crippen molar-refractivity contribution in [2.45, 2.75) is 78.1 Å². The monoisotopic (exact) mass is 360 g/mol. The summed E-state index contributed by atoms with van der Waals surface area (Å²) in [6.45, 7) is 6.76.